The van der Waals surface area contributed by atoms with Crippen LogP contribution in [0.2, 0.25) is 0 Å². The van der Waals surface area contributed by atoms with E-state index in [1.807, 2.05) is 0 Å². The number of carboxylic acid groups (broad SMARTS) is 1. The predicted octanol–water partition coefficient (Wildman–Crippen LogP) is 9.06. The summed E-state index contributed by atoms with van der Waals surface area (Å²) in [5, 5.41) is 11.0. The van der Waals surface area contributed by atoms with Crippen LogP contribution in [0.5, 0.6) is 0 Å². The van der Waals surface area contributed by atoms with Crippen LogP contribution >= 0.6 is 0 Å². The van der Waals surface area contributed by atoms with Crippen LogP contribution in [-0.4, -0.2) is 35.6 Å². The number of hydrogen-bond acceptors (Lipinski definition) is 4. The van der Waals surface area contributed by atoms with Crippen LogP contribution in [0.15, 0.2) is 12.2 Å². The highest BCUT2D eigenvalue weighted by Crippen LogP contribution is 2.17. The lowest BCUT2D eigenvalue weighted by molar-refractivity contribution is -0.150. The van der Waals surface area contributed by atoms with Crippen molar-refractivity contribution in [3.05, 3.63) is 12.2 Å². The van der Waals surface area contributed by atoms with Crippen molar-refractivity contribution >= 4 is 17.8 Å². The largest absolute Gasteiger partial charge is 0.480 e. The van der Waals surface area contributed by atoms with E-state index in [4.69, 9.17) is 9.84 Å². The number of ether oxygens (including phenoxy) is 1. The first-order chi connectivity index (χ1) is 19.0. The Morgan fingerprint density at radius 3 is 1.72 bits per heavy atom. The number of rotatable bonds is 29. The highest BCUT2D eigenvalue weighted by molar-refractivity contribution is 5.80. The second kappa shape index (κ2) is 29.1. The number of carboxylic acids is 1. The zero-order valence-corrected chi connectivity index (χ0v) is 25.5. The average Bonchev–Trinajstić information content (AvgIpc) is 2.91. The van der Waals surface area contributed by atoms with Crippen LogP contribution in [0.4, 0.5) is 0 Å². The minimum Gasteiger partial charge on any atom is -0.480 e. The highest BCUT2D eigenvalue weighted by Gasteiger charge is 2.14. The van der Waals surface area contributed by atoms with Gasteiger partial charge in [-0.2, -0.15) is 0 Å². The molecular weight excluding hydrogens is 490 g/mol. The highest BCUT2D eigenvalue weighted by atomic mass is 16.5. The smallest absolute Gasteiger partial charge is 0.322 e. The normalized spacial score (nSPS) is 12.1. The van der Waals surface area contributed by atoms with Gasteiger partial charge in [-0.25, -0.2) is 0 Å². The van der Waals surface area contributed by atoms with Gasteiger partial charge in [0.05, 0.1) is 0 Å². The number of allylic oxidation sites excluding steroid dienone is 2. The molecule has 0 aliphatic carbocycles. The third-order valence-corrected chi connectivity index (χ3v) is 7.19. The Balaban J connectivity index is 3.71. The van der Waals surface area contributed by atoms with E-state index in [0.717, 1.165) is 57.8 Å². The minimum absolute atomic E-state index is 0.0295. The van der Waals surface area contributed by atoms with Crippen LogP contribution in [0, 0.1) is 0 Å². The number of aliphatic carboxylic acids is 1. The molecule has 1 unspecified atom stereocenters. The van der Waals surface area contributed by atoms with Crippen molar-refractivity contribution in [3.63, 3.8) is 0 Å². The number of hydrogen-bond donors (Lipinski definition) is 2. The Bertz CT molecular complexity index is 619. The zero-order valence-electron chi connectivity index (χ0n) is 25.5. The minimum atomic E-state index is -1.03. The van der Waals surface area contributed by atoms with Gasteiger partial charge in [0.15, 0.2) is 0 Å². The van der Waals surface area contributed by atoms with Crippen molar-refractivity contribution in [1.82, 2.24) is 5.32 Å². The van der Waals surface area contributed by atoms with Gasteiger partial charge in [0, 0.05) is 12.8 Å². The fraction of sp³-hybridized carbons (Fsp3) is 0.848. The lowest BCUT2D eigenvalue weighted by Gasteiger charge is -2.18. The Kier molecular flexibility index (Phi) is 27.8. The molecule has 0 rings (SSSR count). The van der Waals surface area contributed by atoms with Gasteiger partial charge >= 0.3 is 11.9 Å². The van der Waals surface area contributed by atoms with Gasteiger partial charge in [-0.05, 0) is 57.8 Å². The maximum Gasteiger partial charge on any atom is 0.322 e. The predicted molar refractivity (Wildman–Crippen MR) is 162 cm³/mol. The number of esters is 1. The summed E-state index contributed by atoms with van der Waals surface area (Å²) in [4.78, 5) is 34.4. The lowest BCUT2D eigenvalue weighted by Crippen LogP contribution is -2.28. The van der Waals surface area contributed by atoms with Crippen molar-refractivity contribution in [2.75, 3.05) is 6.54 Å². The summed E-state index contributed by atoms with van der Waals surface area (Å²) in [6.07, 6.45) is 30.9. The summed E-state index contributed by atoms with van der Waals surface area (Å²) >= 11 is 0. The Morgan fingerprint density at radius 1 is 0.641 bits per heavy atom. The molecule has 0 spiro atoms. The third-order valence-electron chi connectivity index (χ3n) is 7.19. The molecule has 0 aromatic rings. The number of carbonyl (C=O) groups is 3. The summed E-state index contributed by atoms with van der Waals surface area (Å²) in [6.45, 7) is 4.08. The second-order valence-electron chi connectivity index (χ2n) is 11.1. The molecule has 0 saturated carbocycles. The van der Waals surface area contributed by atoms with Crippen molar-refractivity contribution in [1.29, 1.82) is 0 Å². The van der Waals surface area contributed by atoms with Gasteiger partial charge in [-0.3, -0.25) is 14.4 Å². The van der Waals surface area contributed by atoms with Gasteiger partial charge in [-0.1, -0.05) is 109 Å². The lowest BCUT2D eigenvalue weighted by atomic mass is 10.0. The van der Waals surface area contributed by atoms with Crippen LogP contribution in [0.25, 0.3) is 0 Å². The molecule has 0 heterocycles. The van der Waals surface area contributed by atoms with Crippen LogP contribution in [0.1, 0.15) is 168 Å². The molecule has 0 aliphatic heterocycles. The van der Waals surface area contributed by atoms with Gasteiger partial charge < -0.3 is 15.2 Å². The quantitative estimate of drug-likeness (QED) is 0.0549. The summed E-state index contributed by atoms with van der Waals surface area (Å²) in [7, 11) is 0. The van der Waals surface area contributed by atoms with E-state index in [-0.39, 0.29) is 24.5 Å². The summed E-state index contributed by atoms with van der Waals surface area (Å²) in [6, 6.07) is 0. The van der Waals surface area contributed by atoms with Crippen LogP contribution in [0.3, 0.4) is 0 Å². The molecule has 6 heteroatoms. The zero-order chi connectivity index (χ0) is 28.8. The van der Waals surface area contributed by atoms with Crippen LogP contribution < -0.4 is 5.32 Å². The van der Waals surface area contributed by atoms with Crippen LogP contribution in [-0.2, 0) is 19.1 Å². The van der Waals surface area contributed by atoms with Crippen molar-refractivity contribution in [2.24, 2.45) is 0 Å². The molecule has 0 bridgehead atoms. The van der Waals surface area contributed by atoms with Crippen molar-refractivity contribution in [2.45, 2.75) is 174 Å². The summed E-state index contributed by atoms with van der Waals surface area (Å²) < 4.78 is 5.78. The first-order valence-corrected chi connectivity index (χ1v) is 16.3. The molecule has 228 valence electrons. The molecule has 0 saturated heterocycles. The van der Waals surface area contributed by atoms with E-state index in [2.05, 4.69) is 31.3 Å². The summed E-state index contributed by atoms with van der Waals surface area (Å²) in [5.74, 6) is -1.33. The Hall–Kier alpha value is -1.85. The maximum absolute atomic E-state index is 12.4. The van der Waals surface area contributed by atoms with Gasteiger partial charge in [0.1, 0.15) is 12.6 Å². The van der Waals surface area contributed by atoms with Crippen molar-refractivity contribution in [3.8, 4) is 0 Å². The molecule has 0 aliphatic rings. The number of carbonyl (C=O) groups excluding carboxylic acids is 2. The SMILES string of the molecule is CCCCCCCC/C=C\CCCCCCCCCC(=O)OC(CCCC)CCCCCC(=O)NCC(=O)O. The standard InChI is InChI=1S/C33H61NO5/c1-3-5-7-8-9-10-11-12-13-14-15-16-17-18-19-20-24-28-33(38)39-30(25-6-4-2)26-22-21-23-27-31(35)34-29-32(36)37/h12-13,30H,3-11,14-29H2,1-2H3,(H,34,35)(H,36,37)/b13-12-. The molecule has 0 fully saturated rings. The molecule has 0 radical (unpaired) electrons. The van der Waals surface area contributed by atoms with Gasteiger partial charge in [-0.15, -0.1) is 0 Å². The fourth-order valence-electron chi connectivity index (χ4n) is 4.73. The molecule has 2 N–H and O–H groups in total. The monoisotopic (exact) mass is 551 g/mol. The fourth-order valence-corrected chi connectivity index (χ4v) is 4.73. The van der Waals surface area contributed by atoms with E-state index in [9.17, 15) is 14.4 Å². The number of nitrogens with one attached hydrogen (secondary N) is 1. The number of amides is 1. The Morgan fingerprint density at radius 2 is 1.13 bits per heavy atom. The van der Waals surface area contributed by atoms with E-state index in [1.54, 1.807) is 0 Å². The molecule has 0 aromatic carbocycles. The van der Waals surface area contributed by atoms with Gasteiger partial charge in [0.2, 0.25) is 5.91 Å². The Labute approximate surface area is 240 Å². The first kappa shape index (κ1) is 37.1. The van der Waals surface area contributed by atoms with E-state index < -0.39 is 5.97 Å². The molecule has 1 atom stereocenters. The summed E-state index contributed by atoms with van der Waals surface area (Å²) in [5.41, 5.74) is 0. The van der Waals surface area contributed by atoms with E-state index in [0.29, 0.717) is 12.8 Å². The topological polar surface area (TPSA) is 92.7 Å². The third kappa shape index (κ3) is 29.0. The first-order valence-electron chi connectivity index (χ1n) is 16.3. The van der Waals surface area contributed by atoms with Crippen molar-refractivity contribution < 1.29 is 24.2 Å². The van der Waals surface area contributed by atoms with E-state index in [1.165, 1.54) is 83.5 Å². The number of unbranched alkanes of at least 4 members (excludes halogenated alkanes) is 16. The molecule has 0 aromatic heterocycles. The molecule has 1 amide bonds. The molecular formula is C33H61NO5. The average molecular weight is 552 g/mol. The van der Waals surface area contributed by atoms with E-state index >= 15 is 0 Å². The maximum atomic E-state index is 12.4. The second-order valence-corrected chi connectivity index (χ2v) is 11.1. The molecule has 39 heavy (non-hydrogen) atoms. The van der Waals surface area contributed by atoms with Gasteiger partial charge in [0.25, 0.3) is 0 Å². The molecule has 6 nitrogen and oxygen atoms in total.